The Morgan fingerprint density at radius 1 is 1.13 bits per heavy atom. The third kappa shape index (κ3) is 4.60. The van der Waals surface area contributed by atoms with Gasteiger partial charge in [0.1, 0.15) is 5.82 Å². The Morgan fingerprint density at radius 2 is 1.87 bits per heavy atom. The van der Waals surface area contributed by atoms with Crippen LogP contribution in [-0.4, -0.2) is 34.0 Å². The SMILES string of the molecule is O=C(c1ccccc1C(F)(F)F)N1CCC[C@@H](Cc2nc(-c3ccccc3F)no2)C1. The lowest BCUT2D eigenvalue weighted by Gasteiger charge is -2.32. The lowest BCUT2D eigenvalue weighted by molar-refractivity contribution is -0.138. The van der Waals surface area contributed by atoms with Crippen molar-refractivity contribution in [2.24, 2.45) is 5.92 Å². The molecule has 1 atom stereocenters. The predicted octanol–water partition coefficient (Wildman–Crippen LogP) is 4.99. The number of amides is 1. The van der Waals surface area contributed by atoms with E-state index < -0.39 is 23.5 Å². The average Bonchev–Trinajstić information content (AvgIpc) is 3.21. The fourth-order valence-corrected chi connectivity index (χ4v) is 3.84. The van der Waals surface area contributed by atoms with E-state index in [1.807, 2.05) is 0 Å². The van der Waals surface area contributed by atoms with Crippen molar-refractivity contribution in [3.05, 3.63) is 71.4 Å². The van der Waals surface area contributed by atoms with Crippen LogP contribution in [0.2, 0.25) is 0 Å². The summed E-state index contributed by atoms with van der Waals surface area (Å²) in [5, 5.41) is 3.82. The van der Waals surface area contributed by atoms with Gasteiger partial charge in [0.05, 0.1) is 16.7 Å². The number of carbonyl (C=O) groups is 1. The molecule has 1 saturated heterocycles. The van der Waals surface area contributed by atoms with Crippen LogP contribution in [0.3, 0.4) is 0 Å². The Morgan fingerprint density at radius 3 is 2.65 bits per heavy atom. The van der Waals surface area contributed by atoms with Crippen molar-refractivity contribution in [2.75, 3.05) is 13.1 Å². The topological polar surface area (TPSA) is 59.2 Å². The minimum Gasteiger partial charge on any atom is -0.339 e. The minimum absolute atomic E-state index is 0.0512. The van der Waals surface area contributed by atoms with Crippen LogP contribution in [0, 0.1) is 11.7 Å². The first-order chi connectivity index (χ1) is 14.8. The normalized spacial score (nSPS) is 17.0. The highest BCUT2D eigenvalue weighted by atomic mass is 19.4. The molecule has 2 aromatic carbocycles. The molecule has 0 bridgehead atoms. The van der Waals surface area contributed by atoms with Gasteiger partial charge in [-0.25, -0.2) is 4.39 Å². The molecule has 1 amide bonds. The molecule has 4 rings (SSSR count). The maximum Gasteiger partial charge on any atom is 0.417 e. The van der Waals surface area contributed by atoms with E-state index >= 15 is 0 Å². The van der Waals surface area contributed by atoms with Crippen molar-refractivity contribution in [3.63, 3.8) is 0 Å². The van der Waals surface area contributed by atoms with E-state index in [1.165, 1.54) is 29.2 Å². The van der Waals surface area contributed by atoms with Gasteiger partial charge >= 0.3 is 6.18 Å². The highest BCUT2D eigenvalue weighted by molar-refractivity contribution is 5.96. The van der Waals surface area contributed by atoms with Gasteiger partial charge in [0.25, 0.3) is 5.91 Å². The van der Waals surface area contributed by atoms with Gasteiger partial charge < -0.3 is 9.42 Å². The number of rotatable bonds is 4. The van der Waals surface area contributed by atoms with Crippen molar-refractivity contribution in [1.82, 2.24) is 15.0 Å². The van der Waals surface area contributed by atoms with Crippen LogP contribution in [0.1, 0.15) is 34.7 Å². The molecular formula is C22H19F4N3O2. The summed E-state index contributed by atoms with van der Waals surface area (Å²) in [6, 6.07) is 10.9. The number of alkyl halides is 3. The van der Waals surface area contributed by atoms with Gasteiger partial charge in [-0.1, -0.05) is 29.4 Å². The first-order valence-corrected chi connectivity index (χ1v) is 9.86. The van der Waals surface area contributed by atoms with E-state index in [-0.39, 0.29) is 29.4 Å². The highest BCUT2D eigenvalue weighted by Crippen LogP contribution is 2.33. The molecule has 1 aliphatic heterocycles. The van der Waals surface area contributed by atoms with Crippen molar-refractivity contribution >= 4 is 5.91 Å². The lowest BCUT2D eigenvalue weighted by atomic mass is 9.93. The van der Waals surface area contributed by atoms with Crippen molar-refractivity contribution in [1.29, 1.82) is 0 Å². The third-order valence-corrected chi connectivity index (χ3v) is 5.32. The predicted molar refractivity (Wildman–Crippen MR) is 103 cm³/mol. The molecule has 0 spiro atoms. The molecule has 31 heavy (non-hydrogen) atoms. The summed E-state index contributed by atoms with van der Waals surface area (Å²) in [5.74, 6) is -0.725. The molecule has 2 heterocycles. The van der Waals surface area contributed by atoms with Crippen molar-refractivity contribution in [2.45, 2.75) is 25.4 Å². The summed E-state index contributed by atoms with van der Waals surface area (Å²) in [6.07, 6.45) is -2.83. The van der Waals surface area contributed by atoms with E-state index in [0.29, 0.717) is 25.3 Å². The monoisotopic (exact) mass is 433 g/mol. The molecule has 0 unspecified atom stereocenters. The number of likely N-dealkylation sites (tertiary alicyclic amines) is 1. The maximum atomic E-state index is 13.9. The fourth-order valence-electron chi connectivity index (χ4n) is 3.84. The molecular weight excluding hydrogens is 414 g/mol. The molecule has 0 saturated carbocycles. The Bertz CT molecular complexity index is 1080. The number of aromatic nitrogens is 2. The number of nitrogens with zero attached hydrogens (tertiary/aromatic N) is 3. The first-order valence-electron chi connectivity index (χ1n) is 9.86. The van der Waals surface area contributed by atoms with Gasteiger partial charge in [-0.2, -0.15) is 18.2 Å². The van der Waals surface area contributed by atoms with E-state index in [0.717, 1.165) is 12.5 Å². The highest BCUT2D eigenvalue weighted by Gasteiger charge is 2.36. The summed E-state index contributed by atoms with van der Waals surface area (Å²) in [6.45, 7) is 0.661. The zero-order chi connectivity index (χ0) is 22.0. The van der Waals surface area contributed by atoms with Crippen LogP contribution < -0.4 is 0 Å². The van der Waals surface area contributed by atoms with Crippen LogP contribution in [0.4, 0.5) is 17.6 Å². The van der Waals surface area contributed by atoms with Crippen LogP contribution in [0.5, 0.6) is 0 Å². The number of carbonyl (C=O) groups excluding carboxylic acids is 1. The second kappa shape index (κ2) is 8.49. The molecule has 1 aliphatic rings. The number of halogens is 4. The molecule has 9 heteroatoms. The van der Waals surface area contributed by atoms with Crippen LogP contribution in [-0.2, 0) is 12.6 Å². The molecule has 3 aromatic rings. The van der Waals surface area contributed by atoms with E-state index in [2.05, 4.69) is 10.1 Å². The van der Waals surface area contributed by atoms with Crippen LogP contribution in [0.25, 0.3) is 11.4 Å². The number of benzene rings is 2. The maximum absolute atomic E-state index is 13.9. The summed E-state index contributed by atoms with van der Waals surface area (Å²) in [7, 11) is 0. The third-order valence-electron chi connectivity index (χ3n) is 5.32. The number of hydrogen-bond acceptors (Lipinski definition) is 4. The zero-order valence-corrected chi connectivity index (χ0v) is 16.4. The Balaban J connectivity index is 1.47. The summed E-state index contributed by atoms with van der Waals surface area (Å²) in [5.41, 5.74) is -1.06. The van der Waals surface area contributed by atoms with Gasteiger partial charge in [0, 0.05) is 19.5 Å². The van der Waals surface area contributed by atoms with Gasteiger partial charge in [-0.15, -0.1) is 0 Å². The summed E-state index contributed by atoms with van der Waals surface area (Å²) >= 11 is 0. The molecule has 1 aromatic heterocycles. The van der Waals surface area contributed by atoms with E-state index in [4.69, 9.17) is 4.52 Å². The number of hydrogen-bond donors (Lipinski definition) is 0. The van der Waals surface area contributed by atoms with Gasteiger partial charge in [-0.05, 0) is 43.0 Å². The van der Waals surface area contributed by atoms with E-state index in [1.54, 1.807) is 18.2 Å². The van der Waals surface area contributed by atoms with Crippen molar-refractivity contribution < 1.29 is 26.9 Å². The molecule has 5 nitrogen and oxygen atoms in total. The molecule has 1 fully saturated rings. The molecule has 0 radical (unpaired) electrons. The fraction of sp³-hybridized carbons (Fsp3) is 0.318. The van der Waals surface area contributed by atoms with Gasteiger partial charge in [0.2, 0.25) is 11.7 Å². The zero-order valence-electron chi connectivity index (χ0n) is 16.4. The minimum atomic E-state index is -4.60. The van der Waals surface area contributed by atoms with Crippen LogP contribution >= 0.6 is 0 Å². The molecule has 162 valence electrons. The number of piperidine rings is 1. The first kappa shape index (κ1) is 21.0. The van der Waals surface area contributed by atoms with Gasteiger partial charge in [-0.3, -0.25) is 4.79 Å². The van der Waals surface area contributed by atoms with Crippen LogP contribution in [0.15, 0.2) is 53.1 Å². The smallest absolute Gasteiger partial charge is 0.339 e. The Labute approximate surface area is 175 Å². The van der Waals surface area contributed by atoms with Gasteiger partial charge in [0.15, 0.2) is 0 Å². The summed E-state index contributed by atoms with van der Waals surface area (Å²) < 4.78 is 59.0. The second-order valence-electron chi connectivity index (χ2n) is 7.50. The van der Waals surface area contributed by atoms with E-state index in [9.17, 15) is 22.4 Å². The largest absolute Gasteiger partial charge is 0.417 e. The second-order valence-corrected chi connectivity index (χ2v) is 7.50. The average molecular weight is 433 g/mol. The molecule has 0 aliphatic carbocycles. The summed E-state index contributed by atoms with van der Waals surface area (Å²) in [4.78, 5) is 18.5. The van der Waals surface area contributed by atoms with Crippen molar-refractivity contribution in [3.8, 4) is 11.4 Å². The lowest BCUT2D eigenvalue weighted by Crippen LogP contribution is -2.41. The Hall–Kier alpha value is -3.23. The standard InChI is InChI=1S/C22H19F4N3O2/c23-18-10-4-2-8-16(18)20-27-19(31-28-20)12-14-6-5-11-29(13-14)21(30)15-7-1-3-9-17(15)22(24,25)26/h1-4,7-10,14H,5-6,11-13H2/t14-/m0/s1. The Kier molecular flexibility index (Phi) is 5.75. The molecule has 0 N–H and O–H groups in total. The quantitative estimate of drug-likeness (QED) is 0.544.